The number of rotatable bonds is 9. The molecule has 186 valence electrons. The fourth-order valence-electron chi connectivity index (χ4n) is 3.19. The van der Waals surface area contributed by atoms with Crippen LogP contribution >= 0.6 is 11.8 Å². The van der Waals surface area contributed by atoms with Crippen molar-refractivity contribution in [3.8, 4) is 5.75 Å². The van der Waals surface area contributed by atoms with Gasteiger partial charge in [-0.2, -0.15) is 0 Å². The predicted molar refractivity (Wildman–Crippen MR) is 135 cm³/mol. The number of carbonyl (C=O) groups is 2. The summed E-state index contributed by atoms with van der Waals surface area (Å²) in [6.45, 7) is 8.43. The second-order valence-electron chi connectivity index (χ2n) is 8.57. The van der Waals surface area contributed by atoms with Crippen LogP contribution in [0.15, 0.2) is 46.2 Å². The molecule has 34 heavy (non-hydrogen) atoms. The molecule has 0 saturated heterocycles. The molecule has 2 aromatic carbocycles. The van der Waals surface area contributed by atoms with Gasteiger partial charge in [0.2, 0.25) is 0 Å². The van der Waals surface area contributed by atoms with Gasteiger partial charge in [0.1, 0.15) is 10.6 Å². The maximum absolute atomic E-state index is 12.9. The summed E-state index contributed by atoms with van der Waals surface area (Å²) in [5.74, 6) is 0.892. The van der Waals surface area contributed by atoms with Gasteiger partial charge in [-0.1, -0.05) is 39.8 Å². The molecule has 0 bridgehead atoms. The second kappa shape index (κ2) is 11.6. The lowest BCUT2D eigenvalue weighted by Crippen LogP contribution is -2.37. The molecule has 3 amide bonds. The first-order valence-electron chi connectivity index (χ1n) is 10.9. The Morgan fingerprint density at radius 3 is 2.38 bits per heavy atom. The van der Waals surface area contributed by atoms with E-state index >= 15 is 0 Å². The largest absolute Gasteiger partial charge is 0.496 e. The highest BCUT2D eigenvalue weighted by Gasteiger charge is 2.22. The third-order valence-electron chi connectivity index (χ3n) is 5.06. The van der Waals surface area contributed by atoms with Crippen molar-refractivity contribution in [2.45, 2.75) is 49.3 Å². The summed E-state index contributed by atoms with van der Waals surface area (Å²) >= 11 is 1.37. The summed E-state index contributed by atoms with van der Waals surface area (Å²) in [6.07, 6.45) is 0.409. The predicted octanol–water partition coefficient (Wildman–Crippen LogP) is 3.69. The van der Waals surface area contributed by atoms with Crippen molar-refractivity contribution in [1.29, 1.82) is 0 Å². The van der Waals surface area contributed by atoms with Gasteiger partial charge in [0.25, 0.3) is 15.9 Å². The third-order valence-corrected chi connectivity index (χ3v) is 7.52. The minimum Gasteiger partial charge on any atom is -0.496 e. The highest BCUT2D eigenvalue weighted by Crippen LogP contribution is 2.29. The van der Waals surface area contributed by atoms with E-state index in [4.69, 9.17) is 4.74 Å². The SMILES string of the molecule is CCSc1ccc(CCNC(=O)c2cc(C(C)(C)C)ccc2OC)cc1S(=O)(=O)NC(=O)NC. The molecule has 0 heterocycles. The lowest BCUT2D eigenvalue weighted by atomic mass is 9.86. The van der Waals surface area contributed by atoms with E-state index in [1.54, 1.807) is 12.1 Å². The average molecular weight is 508 g/mol. The van der Waals surface area contributed by atoms with Crippen LogP contribution in [0.5, 0.6) is 5.75 Å². The van der Waals surface area contributed by atoms with Crippen LogP contribution in [-0.2, 0) is 21.9 Å². The number of carbonyl (C=O) groups excluding carboxylic acids is 2. The lowest BCUT2D eigenvalue weighted by Gasteiger charge is -2.21. The van der Waals surface area contributed by atoms with Gasteiger partial charge in [0.15, 0.2) is 0 Å². The molecule has 0 aliphatic heterocycles. The molecule has 0 unspecified atom stereocenters. The zero-order chi connectivity index (χ0) is 25.5. The Bertz CT molecular complexity index is 1140. The number of ether oxygens (including phenoxy) is 1. The topological polar surface area (TPSA) is 114 Å². The van der Waals surface area contributed by atoms with E-state index in [0.717, 1.165) is 5.56 Å². The summed E-state index contributed by atoms with van der Waals surface area (Å²) in [5.41, 5.74) is 2.06. The number of hydrogen-bond acceptors (Lipinski definition) is 6. The normalized spacial score (nSPS) is 11.6. The molecule has 2 aromatic rings. The number of methoxy groups -OCH3 is 1. The number of amides is 3. The molecule has 3 N–H and O–H groups in total. The summed E-state index contributed by atoms with van der Waals surface area (Å²) in [6, 6.07) is 9.84. The average Bonchev–Trinajstić information content (AvgIpc) is 2.78. The Balaban J connectivity index is 2.20. The van der Waals surface area contributed by atoms with E-state index in [2.05, 4.69) is 31.4 Å². The molecule has 10 heteroatoms. The van der Waals surface area contributed by atoms with Gasteiger partial charge in [-0.05, 0) is 53.0 Å². The molecule has 0 radical (unpaired) electrons. The smallest absolute Gasteiger partial charge is 0.328 e. The van der Waals surface area contributed by atoms with Crippen LogP contribution in [0.25, 0.3) is 0 Å². The molecule has 0 aliphatic carbocycles. The lowest BCUT2D eigenvalue weighted by molar-refractivity contribution is 0.0951. The van der Waals surface area contributed by atoms with Crippen molar-refractivity contribution in [1.82, 2.24) is 15.4 Å². The summed E-state index contributed by atoms with van der Waals surface area (Å²) < 4.78 is 32.8. The van der Waals surface area contributed by atoms with Crippen LogP contribution in [0.1, 0.15) is 49.2 Å². The number of nitrogens with one attached hydrogen (secondary N) is 3. The Hall–Kier alpha value is -2.72. The number of thioether (sulfide) groups is 1. The summed E-state index contributed by atoms with van der Waals surface area (Å²) in [4.78, 5) is 25.1. The maximum atomic E-state index is 12.9. The van der Waals surface area contributed by atoms with Crippen LogP contribution in [0.3, 0.4) is 0 Å². The Morgan fingerprint density at radius 1 is 1.09 bits per heavy atom. The highest BCUT2D eigenvalue weighted by molar-refractivity contribution is 8.00. The quantitative estimate of drug-likeness (QED) is 0.446. The fourth-order valence-corrected chi connectivity index (χ4v) is 5.47. The van der Waals surface area contributed by atoms with Crippen molar-refractivity contribution in [2.24, 2.45) is 0 Å². The minimum absolute atomic E-state index is 0.0336. The van der Waals surface area contributed by atoms with Gasteiger partial charge in [-0.25, -0.2) is 17.9 Å². The van der Waals surface area contributed by atoms with Crippen molar-refractivity contribution in [3.63, 3.8) is 0 Å². The van der Waals surface area contributed by atoms with E-state index in [-0.39, 0.29) is 16.2 Å². The Morgan fingerprint density at radius 2 is 1.79 bits per heavy atom. The molecule has 0 atom stereocenters. The first-order valence-corrected chi connectivity index (χ1v) is 13.4. The van der Waals surface area contributed by atoms with Crippen molar-refractivity contribution >= 4 is 33.7 Å². The zero-order valence-corrected chi connectivity index (χ0v) is 22.1. The van der Waals surface area contributed by atoms with E-state index < -0.39 is 16.1 Å². The molecule has 0 aromatic heterocycles. The fraction of sp³-hybridized carbons (Fsp3) is 0.417. The molecule has 0 fully saturated rings. The standard InChI is InChI=1S/C24H33N3O5S2/c1-7-33-20-11-8-16(14-21(20)34(30,31)27-23(29)25-5)12-13-26-22(28)18-15-17(24(2,3)4)9-10-19(18)32-6/h8-11,14-15H,7,12-13H2,1-6H3,(H,26,28)(H2,25,27,29). The number of benzene rings is 2. The minimum atomic E-state index is -4.05. The van der Waals surface area contributed by atoms with E-state index in [9.17, 15) is 18.0 Å². The van der Waals surface area contributed by atoms with Crippen LogP contribution in [0, 0.1) is 0 Å². The molecule has 8 nitrogen and oxygen atoms in total. The molecule has 2 rings (SSSR count). The van der Waals surface area contributed by atoms with Gasteiger partial charge >= 0.3 is 6.03 Å². The first kappa shape index (κ1) is 27.5. The van der Waals surface area contributed by atoms with Crippen molar-refractivity contribution < 1.29 is 22.7 Å². The molecule has 0 aliphatic rings. The van der Waals surface area contributed by atoms with Crippen LogP contribution in [-0.4, -0.2) is 46.8 Å². The molecule has 0 saturated carbocycles. The Kier molecular flexibility index (Phi) is 9.40. The third kappa shape index (κ3) is 7.14. The maximum Gasteiger partial charge on any atom is 0.328 e. The van der Waals surface area contributed by atoms with Gasteiger partial charge in [0.05, 0.1) is 12.7 Å². The monoisotopic (exact) mass is 507 g/mol. The molecular formula is C24H33N3O5S2. The van der Waals surface area contributed by atoms with Gasteiger partial charge in [-0.3, -0.25) is 4.79 Å². The number of sulfonamides is 1. The van der Waals surface area contributed by atoms with Gasteiger partial charge in [-0.15, -0.1) is 11.8 Å². The molecular weight excluding hydrogens is 474 g/mol. The van der Waals surface area contributed by atoms with E-state index in [1.165, 1.54) is 32.0 Å². The molecule has 0 spiro atoms. The first-order chi connectivity index (χ1) is 15.9. The van der Waals surface area contributed by atoms with E-state index in [0.29, 0.717) is 40.5 Å². The van der Waals surface area contributed by atoms with Crippen molar-refractivity contribution in [2.75, 3.05) is 26.5 Å². The number of hydrogen-bond donors (Lipinski definition) is 3. The van der Waals surface area contributed by atoms with Gasteiger partial charge in [0, 0.05) is 18.5 Å². The van der Waals surface area contributed by atoms with Crippen LogP contribution in [0.2, 0.25) is 0 Å². The highest BCUT2D eigenvalue weighted by atomic mass is 32.2. The number of urea groups is 1. The summed E-state index contributed by atoms with van der Waals surface area (Å²) in [5, 5.41) is 5.13. The second-order valence-corrected chi connectivity index (χ2v) is 11.5. The van der Waals surface area contributed by atoms with Crippen LogP contribution in [0.4, 0.5) is 4.79 Å². The van der Waals surface area contributed by atoms with Crippen molar-refractivity contribution in [3.05, 3.63) is 53.1 Å². The zero-order valence-electron chi connectivity index (χ0n) is 20.4. The summed E-state index contributed by atoms with van der Waals surface area (Å²) in [7, 11) is -1.18. The van der Waals surface area contributed by atoms with Gasteiger partial charge < -0.3 is 15.4 Å². The Labute approximate surface area is 206 Å². The van der Waals surface area contributed by atoms with E-state index in [1.807, 2.05) is 29.8 Å². The van der Waals surface area contributed by atoms with Crippen LogP contribution < -0.4 is 20.1 Å².